The summed E-state index contributed by atoms with van der Waals surface area (Å²) in [4.78, 5) is 3.07. The summed E-state index contributed by atoms with van der Waals surface area (Å²) in [6, 6.07) is 3.62. The number of hydrogen-bond acceptors (Lipinski definition) is 2. The molecular formula is C13H15FN2OS. The molecule has 1 fully saturated rings. The van der Waals surface area contributed by atoms with Crippen LogP contribution < -0.4 is 4.74 Å². The second-order valence-electron chi connectivity index (χ2n) is 4.78. The molecule has 0 radical (unpaired) electrons. The molecule has 1 N–H and O–H groups in total. The van der Waals surface area contributed by atoms with Crippen molar-refractivity contribution in [1.29, 1.82) is 0 Å². The molecule has 0 spiro atoms. The van der Waals surface area contributed by atoms with Gasteiger partial charge in [0.15, 0.2) is 16.3 Å². The standard InChI is InChI=1S/C13H15FN2OS/c1-3-7-4-10(7)16-11-6-12(17-2)8(14)5-9(11)15-13(16)18/h5-7,10H,3-4H2,1-2H3,(H,15,18). The molecule has 1 heterocycles. The van der Waals surface area contributed by atoms with Gasteiger partial charge in [-0.15, -0.1) is 0 Å². The minimum atomic E-state index is -0.365. The molecule has 2 atom stereocenters. The van der Waals surface area contributed by atoms with E-state index in [0.717, 1.165) is 23.9 Å². The second kappa shape index (κ2) is 4.09. The number of imidazole rings is 1. The van der Waals surface area contributed by atoms with Gasteiger partial charge in [0, 0.05) is 18.2 Å². The van der Waals surface area contributed by atoms with Gasteiger partial charge in [-0.05, 0) is 24.6 Å². The van der Waals surface area contributed by atoms with Crippen LogP contribution in [-0.2, 0) is 0 Å². The third kappa shape index (κ3) is 1.65. The Morgan fingerprint density at radius 1 is 1.56 bits per heavy atom. The van der Waals surface area contributed by atoms with Crippen LogP contribution in [0.5, 0.6) is 5.75 Å². The predicted octanol–water partition coefficient (Wildman–Crippen LogP) is 3.82. The summed E-state index contributed by atoms with van der Waals surface area (Å²) < 4.78 is 21.4. The first kappa shape index (κ1) is 11.7. The van der Waals surface area contributed by atoms with Gasteiger partial charge >= 0.3 is 0 Å². The highest BCUT2D eigenvalue weighted by molar-refractivity contribution is 7.71. The normalized spacial score (nSPS) is 22.4. The van der Waals surface area contributed by atoms with Crippen molar-refractivity contribution < 1.29 is 9.13 Å². The maximum absolute atomic E-state index is 13.6. The molecule has 1 aliphatic carbocycles. The fourth-order valence-corrected chi connectivity index (χ4v) is 2.94. The average molecular weight is 266 g/mol. The molecule has 3 nitrogen and oxygen atoms in total. The number of rotatable bonds is 3. The largest absolute Gasteiger partial charge is 0.494 e. The number of hydrogen-bond donors (Lipinski definition) is 1. The first-order chi connectivity index (χ1) is 8.65. The van der Waals surface area contributed by atoms with Crippen molar-refractivity contribution in [2.24, 2.45) is 5.92 Å². The van der Waals surface area contributed by atoms with Crippen molar-refractivity contribution in [3.05, 3.63) is 22.7 Å². The number of H-pyrrole nitrogens is 1. The van der Waals surface area contributed by atoms with Gasteiger partial charge in [0.05, 0.1) is 18.1 Å². The zero-order valence-corrected chi connectivity index (χ0v) is 11.2. The fraction of sp³-hybridized carbons (Fsp3) is 0.462. The molecule has 5 heteroatoms. The summed E-state index contributed by atoms with van der Waals surface area (Å²) >= 11 is 5.34. The lowest BCUT2D eigenvalue weighted by molar-refractivity contribution is 0.387. The van der Waals surface area contributed by atoms with Crippen LogP contribution in [0.3, 0.4) is 0 Å². The number of benzene rings is 1. The molecule has 2 unspecified atom stereocenters. The van der Waals surface area contributed by atoms with E-state index in [1.807, 2.05) is 0 Å². The molecule has 1 aromatic carbocycles. The molecule has 96 valence electrons. The lowest BCUT2D eigenvalue weighted by atomic mass is 10.2. The second-order valence-corrected chi connectivity index (χ2v) is 5.16. The summed E-state index contributed by atoms with van der Waals surface area (Å²) in [7, 11) is 1.47. The Kier molecular flexibility index (Phi) is 2.66. The average Bonchev–Trinajstić information content (AvgIpc) is 3.05. The highest BCUT2D eigenvalue weighted by atomic mass is 32.1. The number of aromatic nitrogens is 2. The lowest BCUT2D eigenvalue weighted by Gasteiger charge is -2.05. The van der Waals surface area contributed by atoms with Gasteiger partial charge in [-0.1, -0.05) is 13.3 Å². The van der Waals surface area contributed by atoms with Crippen LogP contribution in [0.2, 0.25) is 0 Å². The quantitative estimate of drug-likeness (QED) is 0.856. The van der Waals surface area contributed by atoms with Crippen molar-refractivity contribution in [3.8, 4) is 5.75 Å². The van der Waals surface area contributed by atoms with Gasteiger partial charge in [0.1, 0.15) is 0 Å². The van der Waals surface area contributed by atoms with Crippen LogP contribution in [0, 0.1) is 16.5 Å². The van der Waals surface area contributed by atoms with E-state index in [-0.39, 0.29) is 11.6 Å². The van der Waals surface area contributed by atoms with Crippen molar-refractivity contribution in [2.75, 3.05) is 7.11 Å². The Morgan fingerprint density at radius 3 is 2.94 bits per heavy atom. The van der Waals surface area contributed by atoms with Crippen LogP contribution in [0.15, 0.2) is 12.1 Å². The molecule has 0 aliphatic heterocycles. The third-order valence-electron chi connectivity index (χ3n) is 3.73. The number of ether oxygens (including phenoxy) is 1. The zero-order chi connectivity index (χ0) is 12.9. The van der Waals surface area contributed by atoms with E-state index in [2.05, 4.69) is 16.5 Å². The van der Waals surface area contributed by atoms with Crippen molar-refractivity contribution >= 4 is 23.3 Å². The number of halogens is 1. The summed E-state index contributed by atoms with van der Waals surface area (Å²) in [6.07, 6.45) is 2.30. The predicted molar refractivity (Wildman–Crippen MR) is 71.1 cm³/mol. The summed E-state index contributed by atoms with van der Waals surface area (Å²) in [5, 5.41) is 0. The van der Waals surface area contributed by atoms with Crippen molar-refractivity contribution in [3.63, 3.8) is 0 Å². The van der Waals surface area contributed by atoms with Crippen molar-refractivity contribution in [1.82, 2.24) is 9.55 Å². The molecular weight excluding hydrogens is 251 g/mol. The Labute approximate surface area is 110 Å². The molecule has 1 aliphatic rings. The van der Waals surface area contributed by atoms with E-state index >= 15 is 0 Å². The highest BCUT2D eigenvalue weighted by Gasteiger charge is 2.38. The summed E-state index contributed by atoms with van der Waals surface area (Å²) in [5.41, 5.74) is 1.67. The smallest absolute Gasteiger partial charge is 0.178 e. The Balaban J connectivity index is 2.19. The summed E-state index contributed by atoms with van der Waals surface area (Å²) in [5.74, 6) is 0.585. The van der Waals surface area contributed by atoms with Gasteiger partial charge in [-0.3, -0.25) is 0 Å². The Bertz CT molecular complexity index is 661. The van der Waals surface area contributed by atoms with E-state index in [0.29, 0.717) is 16.7 Å². The van der Waals surface area contributed by atoms with Crippen LogP contribution in [0.25, 0.3) is 11.0 Å². The molecule has 18 heavy (non-hydrogen) atoms. The first-order valence-corrected chi connectivity index (χ1v) is 6.54. The van der Waals surface area contributed by atoms with Crippen LogP contribution in [0.4, 0.5) is 4.39 Å². The lowest BCUT2D eigenvalue weighted by Crippen LogP contribution is -1.97. The molecule has 2 aromatic rings. The molecule has 0 bridgehead atoms. The molecule has 0 amide bonds. The van der Waals surface area contributed by atoms with E-state index in [1.54, 1.807) is 6.07 Å². The molecule has 3 rings (SSSR count). The van der Waals surface area contributed by atoms with Crippen LogP contribution >= 0.6 is 12.2 Å². The first-order valence-electron chi connectivity index (χ1n) is 6.13. The minimum absolute atomic E-state index is 0.263. The van der Waals surface area contributed by atoms with Gasteiger partial charge in [-0.25, -0.2) is 4.39 Å². The maximum Gasteiger partial charge on any atom is 0.178 e. The topological polar surface area (TPSA) is 29.9 Å². The molecule has 0 saturated heterocycles. The van der Waals surface area contributed by atoms with Crippen LogP contribution in [-0.4, -0.2) is 16.7 Å². The van der Waals surface area contributed by atoms with E-state index < -0.39 is 0 Å². The monoisotopic (exact) mass is 266 g/mol. The molecule has 1 aromatic heterocycles. The van der Waals surface area contributed by atoms with E-state index in [9.17, 15) is 4.39 Å². The van der Waals surface area contributed by atoms with Gasteiger partial charge in [0.2, 0.25) is 0 Å². The van der Waals surface area contributed by atoms with E-state index in [4.69, 9.17) is 17.0 Å². The minimum Gasteiger partial charge on any atom is -0.494 e. The van der Waals surface area contributed by atoms with Crippen LogP contribution in [0.1, 0.15) is 25.8 Å². The number of nitrogens with one attached hydrogen (secondary N) is 1. The Morgan fingerprint density at radius 2 is 2.33 bits per heavy atom. The molecule has 1 saturated carbocycles. The zero-order valence-electron chi connectivity index (χ0n) is 10.4. The SMILES string of the molecule is CCC1CC1n1c(=S)[nH]c2cc(F)c(OC)cc21. The van der Waals surface area contributed by atoms with Crippen molar-refractivity contribution in [2.45, 2.75) is 25.8 Å². The highest BCUT2D eigenvalue weighted by Crippen LogP contribution is 2.47. The fourth-order valence-electron chi connectivity index (χ4n) is 2.60. The van der Waals surface area contributed by atoms with Gasteiger partial charge in [-0.2, -0.15) is 0 Å². The number of nitrogens with zero attached hydrogens (tertiary/aromatic N) is 1. The van der Waals surface area contributed by atoms with Gasteiger partial charge < -0.3 is 14.3 Å². The maximum atomic E-state index is 13.6. The third-order valence-corrected chi connectivity index (χ3v) is 4.03. The number of fused-ring (bicyclic) bond motifs is 1. The summed E-state index contributed by atoms with van der Waals surface area (Å²) in [6.45, 7) is 2.18. The number of aromatic amines is 1. The van der Waals surface area contributed by atoms with E-state index in [1.165, 1.54) is 13.2 Å². The van der Waals surface area contributed by atoms with Gasteiger partial charge in [0.25, 0.3) is 0 Å². The Hall–Kier alpha value is -1.36. The number of methoxy groups -OCH3 is 1.